The van der Waals surface area contributed by atoms with Gasteiger partial charge in [0.15, 0.2) is 0 Å². The summed E-state index contributed by atoms with van der Waals surface area (Å²) in [7, 11) is -0.629. The number of hydrogen-bond acceptors (Lipinski definition) is 5. The Balaban J connectivity index is 2.10. The molecule has 0 aliphatic rings. The highest BCUT2D eigenvalue weighted by Crippen LogP contribution is 2.37. The van der Waals surface area contributed by atoms with Gasteiger partial charge in [0, 0.05) is 0 Å². The fourth-order valence-corrected chi connectivity index (χ4v) is 2.99. The van der Waals surface area contributed by atoms with Gasteiger partial charge in [-0.15, -0.1) is 0 Å². The summed E-state index contributed by atoms with van der Waals surface area (Å²) in [6.45, 7) is -0.872. The molecule has 31 heavy (non-hydrogen) atoms. The van der Waals surface area contributed by atoms with Crippen molar-refractivity contribution in [3.63, 3.8) is 0 Å². The smallest absolute Gasteiger partial charge is 0.419 e. The summed E-state index contributed by atoms with van der Waals surface area (Å²) in [5, 5.41) is 9.35. The topological polar surface area (TPSA) is 81.8 Å². The molecule has 0 spiro atoms. The zero-order valence-electron chi connectivity index (χ0n) is 16.4. The van der Waals surface area contributed by atoms with Gasteiger partial charge in [0.25, 0.3) is 0 Å². The van der Waals surface area contributed by atoms with E-state index in [0.29, 0.717) is 18.4 Å². The van der Waals surface area contributed by atoms with E-state index in [1.807, 2.05) is 0 Å². The standard InChI is InChI=1S/C21H22F4NO4P/c22-18-6-2-1-4-16(18)5-3-11-29-19-8-7-15(12-17(19)21(23,24)25)9-10-20(26,13-27)14-30-31-28/h1-2,4,6-10,12,27H,3,5,11,13-14,26H2/b10-9+. The van der Waals surface area contributed by atoms with Gasteiger partial charge in [-0.1, -0.05) is 36.4 Å². The predicted molar refractivity (Wildman–Crippen MR) is 108 cm³/mol. The van der Waals surface area contributed by atoms with Crippen molar-refractivity contribution in [3.05, 3.63) is 71.0 Å². The number of ether oxygens (including phenoxy) is 1. The second-order valence-corrected chi connectivity index (χ2v) is 7.28. The molecule has 1 atom stereocenters. The van der Waals surface area contributed by atoms with Crippen molar-refractivity contribution in [2.75, 3.05) is 19.8 Å². The molecular formula is C21H22F4NO4P. The van der Waals surface area contributed by atoms with Crippen LogP contribution in [0.4, 0.5) is 17.6 Å². The molecule has 3 N–H and O–H groups in total. The minimum absolute atomic E-state index is 0.0191. The zero-order chi connectivity index (χ0) is 22.9. The summed E-state index contributed by atoms with van der Waals surface area (Å²) in [6, 6.07) is 9.68. The van der Waals surface area contributed by atoms with E-state index >= 15 is 0 Å². The lowest BCUT2D eigenvalue weighted by atomic mass is 10.0. The molecule has 0 aliphatic carbocycles. The number of aliphatic hydroxyl groups excluding tert-OH is 1. The monoisotopic (exact) mass is 459 g/mol. The molecule has 0 fully saturated rings. The van der Waals surface area contributed by atoms with Crippen LogP contribution in [-0.4, -0.2) is 30.5 Å². The van der Waals surface area contributed by atoms with Crippen molar-refractivity contribution in [1.82, 2.24) is 0 Å². The summed E-state index contributed by atoms with van der Waals surface area (Å²) < 4.78 is 74.4. The summed E-state index contributed by atoms with van der Waals surface area (Å²) in [5.74, 6) is -0.707. The first-order chi connectivity index (χ1) is 14.7. The molecule has 5 nitrogen and oxygen atoms in total. The highest BCUT2D eigenvalue weighted by atomic mass is 31.1. The fourth-order valence-electron chi connectivity index (χ4n) is 2.70. The first-order valence-corrected chi connectivity index (χ1v) is 10.0. The normalized spacial score (nSPS) is 14.1. The summed E-state index contributed by atoms with van der Waals surface area (Å²) in [4.78, 5) is 0. The van der Waals surface area contributed by atoms with Crippen molar-refractivity contribution < 1.29 is 36.5 Å². The average Bonchev–Trinajstić information content (AvgIpc) is 2.74. The van der Waals surface area contributed by atoms with Crippen molar-refractivity contribution in [3.8, 4) is 5.75 Å². The molecule has 0 saturated carbocycles. The second kappa shape index (κ2) is 11.3. The lowest BCUT2D eigenvalue weighted by molar-refractivity contribution is -0.139. The Labute approximate surface area is 178 Å². The van der Waals surface area contributed by atoms with E-state index in [-0.39, 0.29) is 30.3 Å². The number of aliphatic hydroxyl groups is 1. The van der Waals surface area contributed by atoms with Crippen LogP contribution in [0.15, 0.2) is 48.5 Å². The van der Waals surface area contributed by atoms with E-state index in [4.69, 9.17) is 10.5 Å². The highest BCUT2D eigenvalue weighted by Gasteiger charge is 2.34. The van der Waals surface area contributed by atoms with Crippen LogP contribution in [0.1, 0.15) is 23.1 Å². The quantitative estimate of drug-likeness (QED) is 0.287. The maximum atomic E-state index is 13.6. The van der Waals surface area contributed by atoms with E-state index in [1.54, 1.807) is 18.2 Å². The maximum absolute atomic E-state index is 13.6. The van der Waals surface area contributed by atoms with Crippen molar-refractivity contribution >= 4 is 14.8 Å². The van der Waals surface area contributed by atoms with E-state index in [9.17, 15) is 27.2 Å². The lowest BCUT2D eigenvalue weighted by Gasteiger charge is -2.21. The summed E-state index contributed by atoms with van der Waals surface area (Å²) >= 11 is 0. The van der Waals surface area contributed by atoms with Gasteiger partial charge in [0.05, 0.1) is 30.9 Å². The number of aryl methyl sites for hydroxylation is 1. The van der Waals surface area contributed by atoms with Crippen molar-refractivity contribution in [2.45, 2.75) is 24.6 Å². The molecule has 168 valence electrons. The van der Waals surface area contributed by atoms with Crippen LogP contribution in [-0.2, 0) is 21.7 Å². The molecule has 1 unspecified atom stereocenters. The Morgan fingerprint density at radius 1 is 1.16 bits per heavy atom. The van der Waals surface area contributed by atoms with Gasteiger partial charge >= 0.3 is 14.9 Å². The van der Waals surface area contributed by atoms with Crippen LogP contribution in [0.2, 0.25) is 0 Å². The first-order valence-electron chi connectivity index (χ1n) is 9.29. The predicted octanol–water partition coefficient (Wildman–Crippen LogP) is 4.78. The molecule has 2 rings (SSSR count). The number of rotatable bonds is 11. The average molecular weight is 459 g/mol. The number of hydrogen-bond donors (Lipinski definition) is 2. The third-order valence-electron chi connectivity index (χ3n) is 4.40. The van der Waals surface area contributed by atoms with Gasteiger partial charge in [-0.3, -0.25) is 4.52 Å². The minimum Gasteiger partial charge on any atom is -0.493 e. The van der Waals surface area contributed by atoms with Gasteiger partial charge in [0.1, 0.15) is 11.6 Å². The molecule has 0 saturated heterocycles. The van der Waals surface area contributed by atoms with Crippen LogP contribution in [0.5, 0.6) is 5.75 Å². The van der Waals surface area contributed by atoms with Gasteiger partial charge in [0.2, 0.25) is 0 Å². The van der Waals surface area contributed by atoms with Gasteiger partial charge in [-0.2, -0.15) is 13.2 Å². The Morgan fingerprint density at radius 3 is 2.55 bits per heavy atom. The largest absolute Gasteiger partial charge is 0.493 e. The Bertz CT molecular complexity index is 907. The molecule has 2 aromatic carbocycles. The molecule has 2 aromatic rings. The molecule has 0 heterocycles. The van der Waals surface area contributed by atoms with Crippen molar-refractivity contribution in [2.24, 2.45) is 5.73 Å². The molecule has 0 aromatic heterocycles. The van der Waals surface area contributed by atoms with Gasteiger partial charge in [-0.25, -0.2) is 8.96 Å². The van der Waals surface area contributed by atoms with Crippen molar-refractivity contribution in [1.29, 1.82) is 0 Å². The number of halogens is 4. The Morgan fingerprint density at radius 2 is 1.90 bits per heavy atom. The minimum atomic E-state index is -4.66. The van der Waals surface area contributed by atoms with E-state index in [0.717, 1.165) is 6.07 Å². The van der Waals surface area contributed by atoms with Crippen LogP contribution < -0.4 is 10.5 Å². The Kier molecular flexibility index (Phi) is 9.13. The molecular weight excluding hydrogens is 437 g/mol. The van der Waals surface area contributed by atoms with Crippen LogP contribution >= 0.6 is 8.69 Å². The second-order valence-electron chi connectivity index (χ2n) is 6.87. The molecule has 0 radical (unpaired) electrons. The fraction of sp³-hybridized carbons (Fsp3) is 0.333. The van der Waals surface area contributed by atoms with E-state index in [1.165, 1.54) is 30.4 Å². The molecule has 0 bridgehead atoms. The molecule has 0 aliphatic heterocycles. The van der Waals surface area contributed by atoms with E-state index in [2.05, 4.69) is 4.52 Å². The maximum Gasteiger partial charge on any atom is 0.419 e. The van der Waals surface area contributed by atoms with Gasteiger partial charge < -0.3 is 15.6 Å². The van der Waals surface area contributed by atoms with Crippen LogP contribution in [0, 0.1) is 5.82 Å². The molecule has 0 amide bonds. The lowest BCUT2D eigenvalue weighted by Crippen LogP contribution is -2.45. The SMILES string of the molecule is NC(/C=C/c1ccc(OCCCc2ccccc2F)c(C(F)(F)F)c1)(CO)COP=O. The zero-order valence-corrected chi connectivity index (χ0v) is 17.3. The number of benzene rings is 2. The summed E-state index contributed by atoms with van der Waals surface area (Å²) in [5.41, 5.74) is 4.11. The van der Waals surface area contributed by atoms with E-state index < -0.39 is 32.6 Å². The third-order valence-corrected chi connectivity index (χ3v) is 4.64. The van der Waals surface area contributed by atoms with Crippen LogP contribution in [0.3, 0.4) is 0 Å². The number of nitrogens with two attached hydrogens (primary N) is 1. The highest BCUT2D eigenvalue weighted by molar-refractivity contribution is 7.17. The number of alkyl halides is 3. The van der Waals surface area contributed by atoms with Gasteiger partial charge in [-0.05, 0) is 42.2 Å². The summed E-state index contributed by atoms with van der Waals surface area (Å²) in [6.07, 6.45) is -1.41. The molecule has 10 heteroatoms. The first kappa shape index (κ1) is 24.9. The van der Waals surface area contributed by atoms with Crippen LogP contribution in [0.25, 0.3) is 6.08 Å². The Hall–Kier alpha value is -2.32. The third kappa shape index (κ3) is 7.70.